The molecule has 0 spiro atoms. The molecule has 1 aromatic carbocycles. The number of imidazole rings is 1. The molecule has 1 aromatic heterocycles. The maximum absolute atomic E-state index is 6.01. The smallest absolute Gasteiger partial charge is 0.207 e. The summed E-state index contributed by atoms with van der Waals surface area (Å²) in [6.07, 6.45) is 3.60. The SMILES string of the molecule is CCNc1nccn1-c1cc(Cl)ccc1OC. The second-order valence-corrected chi connectivity index (χ2v) is 3.90. The fourth-order valence-electron chi connectivity index (χ4n) is 1.64. The van der Waals surface area contributed by atoms with E-state index in [-0.39, 0.29) is 0 Å². The van der Waals surface area contributed by atoms with Crippen molar-refractivity contribution in [3.8, 4) is 11.4 Å². The monoisotopic (exact) mass is 251 g/mol. The van der Waals surface area contributed by atoms with Gasteiger partial charge < -0.3 is 10.1 Å². The lowest BCUT2D eigenvalue weighted by Crippen LogP contribution is -2.06. The second-order valence-electron chi connectivity index (χ2n) is 3.47. The molecule has 4 nitrogen and oxygen atoms in total. The Morgan fingerprint density at radius 2 is 2.29 bits per heavy atom. The van der Waals surface area contributed by atoms with Crippen LogP contribution in [0.25, 0.3) is 5.69 Å². The molecule has 90 valence electrons. The van der Waals surface area contributed by atoms with E-state index >= 15 is 0 Å². The zero-order chi connectivity index (χ0) is 12.3. The van der Waals surface area contributed by atoms with Crippen molar-refractivity contribution in [2.24, 2.45) is 0 Å². The lowest BCUT2D eigenvalue weighted by atomic mass is 10.3. The van der Waals surface area contributed by atoms with E-state index in [1.165, 1.54) is 0 Å². The Balaban J connectivity index is 2.51. The van der Waals surface area contributed by atoms with E-state index in [1.807, 2.05) is 29.8 Å². The highest BCUT2D eigenvalue weighted by Crippen LogP contribution is 2.28. The third-order valence-electron chi connectivity index (χ3n) is 2.38. The van der Waals surface area contributed by atoms with Crippen LogP contribution in [0.1, 0.15) is 6.92 Å². The average Bonchev–Trinajstić information content (AvgIpc) is 2.77. The summed E-state index contributed by atoms with van der Waals surface area (Å²) < 4.78 is 7.23. The molecule has 0 fully saturated rings. The van der Waals surface area contributed by atoms with Crippen molar-refractivity contribution in [2.45, 2.75) is 6.92 Å². The first-order chi connectivity index (χ1) is 8.26. The summed E-state index contributed by atoms with van der Waals surface area (Å²) in [5.74, 6) is 1.53. The first-order valence-corrected chi connectivity index (χ1v) is 5.75. The summed E-state index contributed by atoms with van der Waals surface area (Å²) in [6, 6.07) is 5.49. The molecule has 0 saturated heterocycles. The summed E-state index contributed by atoms with van der Waals surface area (Å²) in [5, 5.41) is 3.84. The van der Waals surface area contributed by atoms with Crippen LogP contribution in [0.4, 0.5) is 5.95 Å². The number of methoxy groups -OCH3 is 1. The van der Waals surface area contributed by atoms with Crippen molar-refractivity contribution in [3.63, 3.8) is 0 Å². The van der Waals surface area contributed by atoms with Crippen LogP contribution in [0.2, 0.25) is 5.02 Å². The summed E-state index contributed by atoms with van der Waals surface area (Å²) in [4.78, 5) is 4.24. The van der Waals surface area contributed by atoms with Gasteiger partial charge in [0.25, 0.3) is 0 Å². The van der Waals surface area contributed by atoms with E-state index in [1.54, 1.807) is 19.4 Å². The predicted octanol–water partition coefficient (Wildman–Crippen LogP) is 2.97. The number of nitrogens with zero attached hydrogens (tertiary/aromatic N) is 2. The minimum atomic E-state index is 0.664. The van der Waals surface area contributed by atoms with Crippen molar-refractivity contribution in [3.05, 3.63) is 35.6 Å². The average molecular weight is 252 g/mol. The number of aromatic nitrogens is 2. The molecule has 5 heteroatoms. The lowest BCUT2D eigenvalue weighted by molar-refractivity contribution is 0.413. The highest BCUT2D eigenvalue weighted by Gasteiger charge is 2.09. The quantitative estimate of drug-likeness (QED) is 0.908. The first-order valence-electron chi connectivity index (χ1n) is 5.37. The van der Waals surface area contributed by atoms with Crippen LogP contribution >= 0.6 is 11.6 Å². The van der Waals surface area contributed by atoms with Gasteiger partial charge in [0.2, 0.25) is 5.95 Å². The van der Waals surface area contributed by atoms with Gasteiger partial charge in [-0.05, 0) is 25.1 Å². The minimum Gasteiger partial charge on any atom is -0.495 e. The summed E-state index contributed by atoms with van der Waals surface area (Å²) >= 11 is 6.01. The Bertz CT molecular complexity index is 510. The predicted molar refractivity (Wildman–Crippen MR) is 69.3 cm³/mol. The molecule has 0 aliphatic heterocycles. The standard InChI is InChI=1S/C12H14ClN3O/c1-3-14-12-15-6-7-16(12)10-8-9(13)4-5-11(10)17-2/h4-8H,3H2,1-2H3,(H,14,15). The van der Waals surface area contributed by atoms with Gasteiger partial charge in [0.1, 0.15) is 5.75 Å². The van der Waals surface area contributed by atoms with Crippen LogP contribution < -0.4 is 10.1 Å². The van der Waals surface area contributed by atoms with Crippen molar-refractivity contribution >= 4 is 17.5 Å². The van der Waals surface area contributed by atoms with Crippen molar-refractivity contribution in [1.29, 1.82) is 0 Å². The number of hydrogen-bond acceptors (Lipinski definition) is 3. The lowest BCUT2D eigenvalue weighted by Gasteiger charge is -2.12. The number of halogens is 1. The molecule has 1 heterocycles. The van der Waals surface area contributed by atoms with E-state index in [4.69, 9.17) is 16.3 Å². The van der Waals surface area contributed by atoms with E-state index in [9.17, 15) is 0 Å². The number of anilines is 1. The molecule has 0 aliphatic rings. The fourth-order valence-corrected chi connectivity index (χ4v) is 1.80. The Labute approximate surface area is 105 Å². The molecule has 2 aromatic rings. The fraction of sp³-hybridized carbons (Fsp3) is 0.250. The van der Waals surface area contributed by atoms with Crippen LogP contribution in [-0.2, 0) is 0 Å². The number of ether oxygens (including phenoxy) is 1. The van der Waals surface area contributed by atoms with Gasteiger partial charge in [-0.25, -0.2) is 4.98 Å². The number of benzene rings is 1. The number of hydrogen-bond donors (Lipinski definition) is 1. The molecule has 0 atom stereocenters. The van der Waals surface area contributed by atoms with Gasteiger partial charge in [0, 0.05) is 24.0 Å². The topological polar surface area (TPSA) is 39.1 Å². The van der Waals surface area contributed by atoms with Gasteiger partial charge in [0.15, 0.2) is 0 Å². The van der Waals surface area contributed by atoms with Gasteiger partial charge in [-0.15, -0.1) is 0 Å². The van der Waals surface area contributed by atoms with Crippen molar-refractivity contribution in [2.75, 3.05) is 19.0 Å². The number of nitrogens with one attached hydrogen (secondary N) is 1. The van der Waals surface area contributed by atoms with E-state index < -0.39 is 0 Å². The number of rotatable bonds is 4. The molecular formula is C12H14ClN3O. The Morgan fingerprint density at radius 3 is 3.00 bits per heavy atom. The zero-order valence-electron chi connectivity index (χ0n) is 9.77. The maximum atomic E-state index is 6.01. The zero-order valence-corrected chi connectivity index (χ0v) is 10.5. The molecule has 0 unspecified atom stereocenters. The summed E-state index contributed by atoms with van der Waals surface area (Å²) in [7, 11) is 1.64. The summed E-state index contributed by atoms with van der Waals surface area (Å²) in [5.41, 5.74) is 0.869. The first kappa shape index (κ1) is 11.8. The van der Waals surface area contributed by atoms with E-state index in [2.05, 4.69) is 10.3 Å². The molecule has 0 aliphatic carbocycles. The third-order valence-corrected chi connectivity index (χ3v) is 2.61. The minimum absolute atomic E-state index is 0.664. The third kappa shape index (κ3) is 2.36. The molecule has 0 bridgehead atoms. The van der Waals surface area contributed by atoms with Crippen LogP contribution in [0.5, 0.6) is 5.75 Å². The largest absolute Gasteiger partial charge is 0.495 e. The van der Waals surface area contributed by atoms with Crippen molar-refractivity contribution < 1.29 is 4.74 Å². The van der Waals surface area contributed by atoms with Gasteiger partial charge in [-0.1, -0.05) is 11.6 Å². The Kier molecular flexibility index (Phi) is 3.54. The van der Waals surface area contributed by atoms with Crippen LogP contribution in [0, 0.1) is 0 Å². The molecule has 1 N–H and O–H groups in total. The maximum Gasteiger partial charge on any atom is 0.207 e. The highest BCUT2D eigenvalue weighted by molar-refractivity contribution is 6.30. The van der Waals surface area contributed by atoms with Crippen LogP contribution in [-0.4, -0.2) is 23.2 Å². The Hall–Kier alpha value is -1.68. The van der Waals surface area contributed by atoms with E-state index in [0.717, 1.165) is 23.9 Å². The molecule has 0 radical (unpaired) electrons. The Morgan fingerprint density at radius 1 is 1.47 bits per heavy atom. The van der Waals surface area contributed by atoms with Gasteiger partial charge in [-0.2, -0.15) is 0 Å². The van der Waals surface area contributed by atoms with Crippen LogP contribution in [0.15, 0.2) is 30.6 Å². The van der Waals surface area contributed by atoms with Gasteiger partial charge in [-0.3, -0.25) is 4.57 Å². The van der Waals surface area contributed by atoms with E-state index in [0.29, 0.717) is 5.02 Å². The second kappa shape index (κ2) is 5.10. The molecule has 0 amide bonds. The summed E-state index contributed by atoms with van der Waals surface area (Å²) in [6.45, 7) is 2.83. The molecule has 17 heavy (non-hydrogen) atoms. The molecule has 0 saturated carbocycles. The van der Waals surface area contributed by atoms with Crippen LogP contribution in [0.3, 0.4) is 0 Å². The highest BCUT2D eigenvalue weighted by atomic mass is 35.5. The molecule has 2 rings (SSSR count). The van der Waals surface area contributed by atoms with Gasteiger partial charge >= 0.3 is 0 Å². The normalized spacial score (nSPS) is 10.3. The van der Waals surface area contributed by atoms with Crippen molar-refractivity contribution in [1.82, 2.24) is 9.55 Å². The molecular weight excluding hydrogens is 238 g/mol. The van der Waals surface area contributed by atoms with Gasteiger partial charge in [0.05, 0.1) is 12.8 Å².